The lowest BCUT2D eigenvalue weighted by Gasteiger charge is -2.42. The first-order valence-electron chi connectivity index (χ1n) is 14.2. The predicted octanol–water partition coefficient (Wildman–Crippen LogP) is 3.59. The van der Waals surface area contributed by atoms with Crippen LogP contribution in [0.3, 0.4) is 0 Å². The molecule has 3 heterocycles. The largest absolute Gasteiger partial charge is 0.426 e. The fourth-order valence-electron chi connectivity index (χ4n) is 5.93. The van der Waals surface area contributed by atoms with E-state index in [-0.39, 0.29) is 38.7 Å². The number of aryl methyl sites for hydroxylation is 1. The molecule has 1 saturated heterocycles. The Morgan fingerprint density at radius 2 is 1.95 bits per heavy atom. The topological polar surface area (TPSA) is 112 Å². The number of allylic oxidation sites excluding steroid dienone is 2. The fraction of sp³-hybridized carbons (Fsp3) is 0.467. The zero-order valence-corrected chi connectivity index (χ0v) is 25.3. The summed E-state index contributed by atoms with van der Waals surface area (Å²) in [5.41, 5.74) is 1.38. The minimum atomic E-state index is -5.09. The number of aliphatic hydroxyl groups is 1. The van der Waals surface area contributed by atoms with Gasteiger partial charge in [-0.3, -0.25) is 19.5 Å². The molecule has 1 fully saturated rings. The van der Waals surface area contributed by atoms with Crippen LogP contribution in [0.1, 0.15) is 48.7 Å². The number of methoxy groups -OCH3 is 1. The number of benzene rings is 1. The number of nitrogens with zero attached hydrogens (tertiary/aromatic N) is 5. The number of carbonyl (C=O) groups excluding carboxylic acids is 2. The van der Waals surface area contributed by atoms with Gasteiger partial charge in [-0.25, -0.2) is 4.98 Å². The number of halogens is 4. The molecule has 1 aliphatic carbocycles. The SMILES string of the molecule is COCC(=O)N[C@H](C1=CC2=C(N=CCC2)[C@@H](N2CCN(C(=O)[C@](C)(O)C(F)(F)F)CC2)c2ccc(Cl)cc21)c1cncn1C. The van der Waals surface area contributed by atoms with Crippen molar-refractivity contribution in [1.29, 1.82) is 0 Å². The van der Waals surface area contributed by atoms with Gasteiger partial charge in [0, 0.05) is 51.6 Å². The maximum atomic E-state index is 13.4. The minimum Gasteiger partial charge on any atom is -0.375 e. The summed E-state index contributed by atoms with van der Waals surface area (Å²) in [5.74, 6) is -1.70. The summed E-state index contributed by atoms with van der Waals surface area (Å²) in [6.07, 6.45) is 3.50. The van der Waals surface area contributed by atoms with Crippen LogP contribution in [0.15, 0.2) is 53.1 Å². The average molecular weight is 635 g/mol. The molecule has 1 aromatic heterocycles. The van der Waals surface area contributed by atoms with E-state index < -0.39 is 29.8 Å². The molecule has 2 aromatic rings. The van der Waals surface area contributed by atoms with E-state index in [1.165, 1.54) is 7.11 Å². The third kappa shape index (κ3) is 6.06. The van der Waals surface area contributed by atoms with Crippen LogP contribution in [0, 0.1) is 0 Å². The molecule has 14 heteroatoms. The number of hydrogen-bond donors (Lipinski definition) is 2. The van der Waals surface area contributed by atoms with Crippen LogP contribution in [-0.2, 0) is 21.4 Å². The van der Waals surface area contributed by atoms with E-state index in [2.05, 4.69) is 15.2 Å². The van der Waals surface area contributed by atoms with Crippen molar-refractivity contribution < 1.29 is 32.6 Å². The van der Waals surface area contributed by atoms with Crippen molar-refractivity contribution >= 4 is 35.2 Å². The second kappa shape index (κ2) is 12.5. The van der Waals surface area contributed by atoms with Crippen LogP contribution >= 0.6 is 11.6 Å². The number of piperazine rings is 1. The Labute approximate surface area is 257 Å². The number of aliphatic imine (C=N–C) groups is 1. The maximum Gasteiger partial charge on any atom is 0.426 e. The molecule has 1 aromatic carbocycles. The third-order valence-corrected chi connectivity index (χ3v) is 8.52. The minimum absolute atomic E-state index is 0.0121. The van der Waals surface area contributed by atoms with Gasteiger partial charge >= 0.3 is 6.18 Å². The molecule has 0 radical (unpaired) electrons. The molecule has 2 aliphatic heterocycles. The lowest BCUT2D eigenvalue weighted by Crippen LogP contribution is -2.60. The van der Waals surface area contributed by atoms with Gasteiger partial charge in [-0.2, -0.15) is 13.2 Å². The molecule has 236 valence electrons. The molecule has 0 spiro atoms. The molecule has 0 bridgehead atoms. The van der Waals surface area contributed by atoms with Gasteiger partial charge in [0.15, 0.2) is 0 Å². The fourth-order valence-corrected chi connectivity index (χ4v) is 6.10. The summed E-state index contributed by atoms with van der Waals surface area (Å²) in [5, 5.41) is 13.6. The predicted molar refractivity (Wildman–Crippen MR) is 158 cm³/mol. The molecular formula is C30H34ClF3N6O4. The Kier molecular flexibility index (Phi) is 9.04. The second-order valence-corrected chi connectivity index (χ2v) is 11.7. The number of ether oxygens (including phenoxy) is 1. The lowest BCUT2D eigenvalue weighted by molar-refractivity contribution is -0.250. The molecule has 5 rings (SSSR count). The molecule has 3 aliphatic rings. The second-order valence-electron chi connectivity index (χ2n) is 11.3. The van der Waals surface area contributed by atoms with E-state index in [0.29, 0.717) is 24.8 Å². The normalized spacial score (nSPS) is 21.1. The zero-order chi connectivity index (χ0) is 31.8. The van der Waals surface area contributed by atoms with Gasteiger partial charge in [0.2, 0.25) is 11.5 Å². The number of nitrogens with one attached hydrogen (secondary N) is 1. The number of aromatic nitrogens is 2. The van der Waals surface area contributed by atoms with E-state index in [9.17, 15) is 27.9 Å². The highest BCUT2D eigenvalue weighted by Gasteiger charge is 2.57. The number of amides is 2. The monoisotopic (exact) mass is 634 g/mol. The van der Waals surface area contributed by atoms with Gasteiger partial charge in [0.1, 0.15) is 6.61 Å². The van der Waals surface area contributed by atoms with E-state index in [1.807, 2.05) is 36.0 Å². The number of rotatable bonds is 7. The van der Waals surface area contributed by atoms with Crippen LogP contribution in [-0.4, -0.2) is 94.2 Å². The quantitative estimate of drug-likeness (QED) is 0.482. The first-order valence-corrected chi connectivity index (χ1v) is 14.5. The Balaban J connectivity index is 1.56. The van der Waals surface area contributed by atoms with Crippen LogP contribution in [0.5, 0.6) is 0 Å². The van der Waals surface area contributed by atoms with E-state index in [4.69, 9.17) is 21.3 Å². The van der Waals surface area contributed by atoms with Gasteiger partial charge in [0.25, 0.3) is 5.91 Å². The van der Waals surface area contributed by atoms with Gasteiger partial charge in [0.05, 0.1) is 36.0 Å². The van der Waals surface area contributed by atoms with Crippen molar-refractivity contribution in [3.05, 3.63) is 69.9 Å². The van der Waals surface area contributed by atoms with Gasteiger partial charge < -0.3 is 24.6 Å². The number of fused-ring (bicyclic) bond motifs is 1. The summed E-state index contributed by atoms with van der Waals surface area (Å²) in [6.45, 7) is 0.796. The van der Waals surface area contributed by atoms with Gasteiger partial charge in [-0.1, -0.05) is 23.7 Å². The molecule has 44 heavy (non-hydrogen) atoms. The zero-order valence-electron chi connectivity index (χ0n) is 24.6. The third-order valence-electron chi connectivity index (χ3n) is 8.29. The maximum absolute atomic E-state index is 13.4. The standard InChI is InChI=1S/C30H34ClF3N6O4/c1-29(43,30(32,33)34)28(42)40-11-9-39(10-12-40)27-20-7-6-19(31)14-21(20)22(13-18-5-4-8-36-25(18)27)26(37-24(41)16-44-3)23-15-35-17-38(23)2/h6-8,13-15,17,26-27,43H,4-5,9-12,16H2,1-3H3,(H,37,41)/t26-,27+,29+/m1/s1. The molecule has 3 atom stereocenters. The van der Waals surface area contributed by atoms with Crippen molar-refractivity contribution in [1.82, 2.24) is 24.7 Å². The Bertz CT molecular complexity index is 1520. The van der Waals surface area contributed by atoms with Gasteiger partial charge in [-0.05, 0) is 54.2 Å². The van der Waals surface area contributed by atoms with Crippen LogP contribution in [0.25, 0.3) is 5.57 Å². The van der Waals surface area contributed by atoms with E-state index in [1.54, 1.807) is 18.6 Å². The summed E-state index contributed by atoms with van der Waals surface area (Å²) in [4.78, 5) is 37.8. The Morgan fingerprint density at radius 3 is 2.59 bits per heavy atom. The molecule has 2 amide bonds. The molecule has 2 N–H and O–H groups in total. The summed E-state index contributed by atoms with van der Waals surface area (Å²) in [6, 6.07) is 4.47. The molecular weight excluding hydrogens is 601 g/mol. The van der Waals surface area contributed by atoms with Crippen molar-refractivity contribution in [2.75, 3.05) is 39.9 Å². The first kappa shape index (κ1) is 31.9. The van der Waals surface area contributed by atoms with Crippen molar-refractivity contribution in [3.63, 3.8) is 0 Å². The highest BCUT2D eigenvalue weighted by atomic mass is 35.5. The molecule has 0 unspecified atom stereocenters. The number of hydrogen-bond acceptors (Lipinski definition) is 7. The number of alkyl halides is 3. The Hall–Kier alpha value is -3.52. The molecule has 0 saturated carbocycles. The number of carbonyl (C=O) groups is 2. The van der Waals surface area contributed by atoms with E-state index in [0.717, 1.165) is 38.6 Å². The summed E-state index contributed by atoms with van der Waals surface area (Å²) < 4.78 is 47.1. The molecule has 10 nitrogen and oxygen atoms in total. The van der Waals surface area contributed by atoms with Crippen molar-refractivity contribution in [3.8, 4) is 0 Å². The summed E-state index contributed by atoms with van der Waals surface area (Å²) >= 11 is 6.56. The van der Waals surface area contributed by atoms with Gasteiger partial charge in [-0.15, -0.1) is 0 Å². The van der Waals surface area contributed by atoms with Crippen molar-refractivity contribution in [2.24, 2.45) is 12.0 Å². The van der Waals surface area contributed by atoms with Crippen molar-refractivity contribution in [2.45, 2.75) is 43.6 Å². The highest BCUT2D eigenvalue weighted by molar-refractivity contribution is 6.30. The smallest absolute Gasteiger partial charge is 0.375 e. The van der Waals surface area contributed by atoms with Crippen LogP contribution in [0.4, 0.5) is 13.2 Å². The number of imidazole rings is 1. The lowest BCUT2D eigenvalue weighted by atomic mass is 9.89. The summed E-state index contributed by atoms with van der Waals surface area (Å²) in [7, 11) is 3.28. The van der Waals surface area contributed by atoms with Crippen LogP contribution in [0.2, 0.25) is 5.02 Å². The highest BCUT2D eigenvalue weighted by Crippen LogP contribution is 2.46. The average Bonchev–Trinajstić information content (AvgIpc) is 3.35. The first-order chi connectivity index (χ1) is 20.8. The van der Waals surface area contributed by atoms with Crippen LogP contribution < -0.4 is 5.32 Å². The Morgan fingerprint density at radius 1 is 1.23 bits per heavy atom. The van der Waals surface area contributed by atoms with E-state index >= 15 is 0 Å².